The van der Waals surface area contributed by atoms with E-state index in [0.717, 1.165) is 18.8 Å². The SMILES string of the molecule is O=C(CCC1CCCC1)N1CCCC(O)(COc2ccc(F)cc2)CC1. The molecule has 2 aliphatic rings. The average Bonchev–Trinajstić information content (AvgIpc) is 3.08. The number of rotatable bonds is 6. The molecule has 1 unspecified atom stereocenters. The Morgan fingerprint density at radius 3 is 2.62 bits per heavy atom. The fourth-order valence-corrected chi connectivity index (χ4v) is 4.11. The molecule has 144 valence electrons. The van der Waals surface area contributed by atoms with Crippen LogP contribution in [-0.4, -0.2) is 41.2 Å². The number of likely N-dealkylation sites (tertiary alicyclic amines) is 1. The van der Waals surface area contributed by atoms with Gasteiger partial charge in [-0.3, -0.25) is 4.79 Å². The summed E-state index contributed by atoms with van der Waals surface area (Å²) >= 11 is 0. The normalized spacial score (nSPS) is 24.5. The van der Waals surface area contributed by atoms with Gasteiger partial charge in [0.2, 0.25) is 5.91 Å². The maximum Gasteiger partial charge on any atom is 0.222 e. The van der Waals surface area contributed by atoms with Crippen LogP contribution >= 0.6 is 0 Å². The van der Waals surface area contributed by atoms with E-state index in [1.165, 1.54) is 37.8 Å². The van der Waals surface area contributed by atoms with Crippen molar-refractivity contribution in [1.82, 2.24) is 4.90 Å². The maximum atomic E-state index is 12.9. The van der Waals surface area contributed by atoms with E-state index in [0.29, 0.717) is 38.1 Å². The van der Waals surface area contributed by atoms with Crippen molar-refractivity contribution in [3.05, 3.63) is 30.1 Å². The summed E-state index contributed by atoms with van der Waals surface area (Å²) in [7, 11) is 0. The first-order valence-electron chi connectivity index (χ1n) is 9.93. The fraction of sp³-hybridized carbons (Fsp3) is 0.667. The molecule has 26 heavy (non-hydrogen) atoms. The number of nitrogens with zero attached hydrogens (tertiary/aromatic N) is 1. The fourth-order valence-electron chi connectivity index (χ4n) is 4.11. The molecule has 1 saturated heterocycles. The van der Waals surface area contributed by atoms with Gasteiger partial charge in [-0.1, -0.05) is 25.7 Å². The van der Waals surface area contributed by atoms with Crippen LogP contribution in [0.25, 0.3) is 0 Å². The number of carbonyl (C=O) groups excluding carboxylic acids is 1. The summed E-state index contributed by atoms with van der Waals surface area (Å²) in [6.45, 7) is 1.46. The number of halogens is 1. The van der Waals surface area contributed by atoms with Crippen LogP contribution in [0, 0.1) is 11.7 Å². The standard InChI is InChI=1S/C21H30FNO3/c22-18-7-9-19(10-8-18)26-16-21(25)12-3-14-23(15-13-21)20(24)11-6-17-4-1-2-5-17/h7-10,17,25H,1-6,11-16H2. The quantitative estimate of drug-likeness (QED) is 0.833. The Bertz CT molecular complexity index is 585. The summed E-state index contributed by atoms with van der Waals surface area (Å²) in [5.74, 6) is 1.19. The Kier molecular flexibility index (Phi) is 6.52. The van der Waals surface area contributed by atoms with Gasteiger partial charge in [0.05, 0.1) is 0 Å². The molecular formula is C21H30FNO3. The minimum Gasteiger partial charge on any atom is -0.491 e. The lowest BCUT2D eigenvalue weighted by Crippen LogP contribution is -2.38. The molecule has 5 heteroatoms. The molecule has 1 amide bonds. The summed E-state index contributed by atoms with van der Waals surface area (Å²) in [5, 5.41) is 10.8. The lowest BCUT2D eigenvalue weighted by Gasteiger charge is -2.27. The second-order valence-corrected chi connectivity index (χ2v) is 7.89. The molecule has 2 fully saturated rings. The van der Waals surface area contributed by atoms with E-state index >= 15 is 0 Å². The van der Waals surface area contributed by atoms with Crippen LogP contribution in [0.2, 0.25) is 0 Å². The van der Waals surface area contributed by atoms with Crippen LogP contribution < -0.4 is 4.74 Å². The minimum atomic E-state index is -0.936. The summed E-state index contributed by atoms with van der Waals surface area (Å²) in [5.41, 5.74) is -0.936. The molecule has 1 aromatic carbocycles. The van der Waals surface area contributed by atoms with Gasteiger partial charge in [0, 0.05) is 19.5 Å². The highest BCUT2D eigenvalue weighted by Gasteiger charge is 2.32. The summed E-state index contributed by atoms with van der Waals surface area (Å²) in [6.07, 6.45) is 8.71. The monoisotopic (exact) mass is 363 g/mol. The first-order chi connectivity index (χ1) is 12.5. The number of aliphatic hydroxyl groups is 1. The molecule has 1 aromatic rings. The Morgan fingerprint density at radius 1 is 1.15 bits per heavy atom. The van der Waals surface area contributed by atoms with Crippen LogP contribution in [0.5, 0.6) is 5.75 Å². The Morgan fingerprint density at radius 2 is 1.88 bits per heavy atom. The van der Waals surface area contributed by atoms with Gasteiger partial charge in [-0.05, 0) is 55.9 Å². The van der Waals surface area contributed by atoms with Crippen LogP contribution in [0.3, 0.4) is 0 Å². The van der Waals surface area contributed by atoms with E-state index in [-0.39, 0.29) is 18.3 Å². The Balaban J connectivity index is 1.45. The van der Waals surface area contributed by atoms with Crippen molar-refractivity contribution in [3.8, 4) is 5.75 Å². The molecule has 1 N–H and O–H groups in total. The van der Waals surface area contributed by atoms with Crippen molar-refractivity contribution >= 4 is 5.91 Å². The van der Waals surface area contributed by atoms with E-state index in [9.17, 15) is 14.3 Å². The van der Waals surface area contributed by atoms with Gasteiger partial charge in [0.15, 0.2) is 0 Å². The molecule has 0 spiro atoms. The highest BCUT2D eigenvalue weighted by atomic mass is 19.1. The average molecular weight is 363 g/mol. The topological polar surface area (TPSA) is 49.8 Å². The van der Waals surface area contributed by atoms with E-state index in [4.69, 9.17) is 4.74 Å². The van der Waals surface area contributed by atoms with E-state index in [1.807, 2.05) is 4.90 Å². The van der Waals surface area contributed by atoms with Gasteiger partial charge in [0.1, 0.15) is 23.8 Å². The molecule has 1 saturated carbocycles. The molecule has 1 aliphatic carbocycles. The summed E-state index contributed by atoms with van der Waals surface area (Å²) in [4.78, 5) is 14.4. The molecule has 0 aromatic heterocycles. The van der Waals surface area contributed by atoms with Crippen molar-refractivity contribution in [2.75, 3.05) is 19.7 Å². The van der Waals surface area contributed by atoms with E-state index in [1.54, 1.807) is 12.1 Å². The molecule has 0 radical (unpaired) electrons. The second-order valence-electron chi connectivity index (χ2n) is 7.89. The lowest BCUT2D eigenvalue weighted by atomic mass is 9.96. The highest BCUT2D eigenvalue weighted by Crippen LogP contribution is 2.29. The predicted octanol–water partition coefficient (Wildman–Crippen LogP) is 3.92. The lowest BCUT2D eigenvalue weighted by molar-refractivity contribution is -0.131. The van der Waals surface area contributed by atoms with E-state index in [2.05, 4.69) is 0 Å². The summed E-state index contributed by atoms with van der Waals surface area (Å²) < 4.78 is 18.6. The third kappa shape index (κ3) is 5.44. The Hall–Kier alpha value is -1.62. The van der Waals surface area contributed by atoms with Crippen molar-refractivity contribution in [2.24, 2.45) is 5.92 Å². The molecule has 0 bridgehead atoms. The number of hydrogen-bond acceptors (Lipinski definition) is 3. The van der Waals surface area contributed by atoms with Gasteiger partial charge < -0.3 is 14.7 Å². The van der Waals surface area contributed by atoms with Gasteiger partial charge in [-0.2, -0.15) is 0 Å². The first kappa shape index (κ1) is 19.2. The number of benzene rings is 1. The summed E-state index contributed by atoms with van der Waals surface area (Å²) in [6, 6.07) is 5.82. The highest BCUT2D eigenvalue weighted by molar-refractivity contribution is 5.76. The van der Waals surface area contributed by atoms with Gasteiger partial charge in [0.25, 0.3) is 0 Å². The zero-order chi connectivity index (χ0) is 18.4. The van der Waals surface area contributed by atoms with Crippen molar-refractivity contribution < 1.29 is 19.0 Å². The molecule has 1 heterocycles. The van der Waals surface area contributed by atoms with E-state index < -0.39 is 5.60 Å². The van der Waals surface area contributed by atoms with Crippen LogP contribution in [0.15, 0.2) is 24.3 Å². The van der Waals surface area contributed by atoms with Crippen LogP contribution in [0.1, 0.15) is 57.8 Å². The molecular weight excluding hydrogens is 333 g/mol. The number of amides is 1. The first-order valence-corrected chi connectivity index (χ1v) is 9.93. The van der Waals surface area contributed by atoms with Crippen molar-refractivity contribution in [1.29, 1.82) is 0 Å². The number of carbonyl (C=O) groups is 1. The molecule has 1 atom stereocenters. The number of ether oxygens (including phenoxy) is 1. The van der Waals surface area contributed by atoms with Gasteiger partial charge >= 0.3 is 0 Å². The largest absolute Gasteiger partial charge is 0.491 e. The van der Waals surface area contributed by atoms with Gasteiger partial charge in [-0.25, -0.2) is 4.39 Å². The molecule has 1 aliphatic heterocycles. The zero-order valence-corrected chi connectivity index (χ0v) is 15.5. The minimum absolute atomic E-state index is 0.169. The second kappa shape index (κ2) is 8.85. The molecule has 3 rings (SSSR count). The Labute approximate surface area is 155 Å². The third-order valence-electron chi connectivity index (χ3n) is 5.83. The van der Waals surface area contributed by atoms with Crippen molar-refractivity contribution in [3.63, 3.8) is 0 Å². The third-order valence-corrected chi connectivity index (χ3v) is 5.83. The van der Waals surface area contributed by atoms with Gasteiger partial charge in [-0.15, -0.1) is 0 Å². The van der Waals surface area contributed by atoms with Crippen molar-refractivity contribution in [2.45, 2.75) is 63.4 Å². The maximum absolute atomic E-state index is 12.9. The van der Waals surface area contributed by atoms with Crippen LogP contribution in [0.4, 0.5) is 4.39 Å². The zero-order valence-electron chi connectivity index (χ0n) is 15.5. The van der Waals surface area contributed by atoms with Crippen LogP contribution in [-0.2, 0) is 4.79 Å². The number of hydrogen-bond donors (Lipinski definition) is 1. The molecule has 4 nitrogen and oxygen atoms in total. The smallest absolute Gasteiger partial charge is 0.222 e. The predicted molar refractivity (Wildman–Crippen MR) is 98.5 cm³/mol.